The average molecular weight is 360 g/mol. The number of aryl methyl sites for hydroxylation is 1. The van der Waals surface area contributed by atoms with Crippen LogP contribution in [0, 0.1) is 0 Å². The van der Waals surface area contributed by atoms with E-state index in [0.29, 0.717) is 25.3 Å². The van der Waals surface area contributed by atoms with Gasteiger partial charge in [-0.3, -0.25) is 9.59 Å². The molecule has 134 valence electrons. The van der Waals surface area contributed by atoms with E-state index in [0.717, 1.165) is 17.7 Å². The number of carbonyl (C=O) groups is 2. The van der Waals surface area contributed by atoms with Gasteiger partial charge >= 0.3 is 0 Å². The van der Waals surface area contributed by atoms with Gasteiger partial charge in [-0.15, -0.1) is 11.3 Å². The summed E-state index contributed by atoms with van der Waals surface area (Å²) in [5.41, 5.74) is 1.26. The lowest BCUT2D eigenvalue weighted by Crippen LogP contribution is -2.37. The van der Waals surface area contributed by atoms with Crippen LogP contribution in [0.5, 0.6) is 5.75 Å². The van der Waals surface area contributed by atoms with Crippen LogP contribution in [0.3, 0.4) is 0 Å². The van der Waals surface area contributed by atoms with Crippen molar-refractivity contribution in [2.75, 3.05) is 19.7 Å². The van der Waals surface area contributed by atoms with Crippen LogP contribution in [0.1, 0.15) is 23.8 Å². The molecule has 2 rings (SSSR count). The molecule has 0 aliphatic rings. The highest BCUT2D eigenvalue weighted by molar-refractivity contribution is 7.10. The quantitative estimate of drug-likeness (QED) is 0.640. The zero-order valence-electron chi connectivity index (χ0n) is 14.4. The Morgan fingerprint density at radius 2 is 1.76 bits per heavy atom. The highest BCUT2D eigenvalue weighted by Gasteiger charge is 2.05. The minimum atomic E-state index is -0.204. The summed E-state index contributed by atoms with van der Waals surface area (Å²) in [5.74, 6) is 0.435. The molecule has 0 bridgehead atoms. The molecule has 2 N–H and O–H groups in total. The normalized spacial score (nSPS) is 10.3. The molecule has 1 aromatic carbocycles. The first-order valence-electron chi connectivity index (χ1n) is 8.45. The van der Waals surface area contributed by atoms with Crippen LogP contribution >= 0.6 is 11.3 Å². The molecule has 0 fully saturated rings. The standard InChI is InChI=1S/C19H24N2O3S/c1-2-4-15-6-8-16(9-7-15)24-14-19(23)21-11-10-20-18(22)13-17-5-3-12-25-17/h3,5-9,12H,2,4,10-11,13-14H2,1H3,(H,20,22)(H,21,23). The van der Waals surface area contributed by atoms with Crippen LogP contribution in [0.2, 0.25) is 0 Å². The Hall–Kier alpha value is -2.34. The molecule has 0 aliphatic heterocycles. The second-order valence-corrected chi connectivity index (χ2v) is 6.67. The summed E-state index contributed by atoms with van der Waals surface area (Å²) in [6, 6.07) is 11.6. The monoisotopic (exact) mass is 360 g/mol. The molecule has 2 amide bonds. The van der Waals surface area contributed by atoms with Gasteiger partial charge in [0.25, 0.3) is 5.91 Å². The summed E-state index contributed by atoms with van der Waals surface area (Å²) in [6.07, 6.45) is 2.52. The maximum absolute atomic E-state index is 11.7. The Morgan fingerprint density at radius 3 is 2.40 bits per heavy atom. The fourth-order valence-electron chi connectivity index (χ4n) is 2.28. The van der Waals surface area contributed by atoms with Crippen molar-refractivity contribution in [2.24, 2.45) is 0 Å². The van der Waals surface area contributed by atoms with E-state index in [1.165, 1.54) is 5.56 Å². The van der Waals surface area contributed by atoms with Crippen LogP contribution in [-0.2, 0) is 22.4 Å². The van der Waals surface area contributed by atoms with Crippen LogP contribution in [0.4, 0.5) is 0 Å². The molecular formula is C19H24N2O3S. The molecule has 0 saturated heterocycles. The first-order chi connectivity index (χ1) is 12.2. The minimum Gasteiger partial charge on any atom is -0.484 e. The summed E-state index contributed by atoms with van der Waals surface area (Å²) in [4.78, 5) is 24.5. The first kappa shape index (κ1) is 19.0. The zero-order valence-corrected chi connectivity index (χ0v) is 15.2. The van der Waals surface area contributed by atoms with E-state index in [9.17, 15) is 9.59 Å². The van der Waals surface area contributed by atoms with Gasteiger partial charge in [0.15, 0.2) is 6.61 Å². The number of hydrogen-bond donors (Lipinski definition) is 2. The van der Waals surface area contributed by atoms with E-state index in [2.05, 4.69) is 17.6 Å². The van der Waals surface area contributed by atoms with E-state index in [-0.39, 0.29) is 18.4 Å². The lowest BCUT2D eigenvalue weighted by molar-refractivity contribution is -0.124. The SMILES string of the molecule is CCCc1ccc(OCC(=O)NCCNC(=O)Cc2cccs2)cc1. The number of ether oxygens (including phenoxy) is 1. The molecule has 1 aromatic heterocycles. The molecular weight excluding hydrogens is 336 g/mol. The van der Waals surface area contributed by atoms with E-state index < -0.39 is 0 Å². The number of rotatable bonds is 10. The van der Waals surface area contributed by atoms with Crippen molar-refractivity contribution < 1.29 is 14.3 Å². The van der Waals surface area contributed by atoms with Gasteiger partial charge < -0.3 is 15.4 Å². The molecule has 0 spiro atoms. The predicted octanol–water partition coefficient (Wildman–Crippen LogP) is 2.55. The van der Waals surface area contributed by atoms with Crippen molar-refractivity contribution in [3.05, 3.63) is 52.2 Å². The Balaban J connectivity index is 1.56. The number of hydrogen-bond acceptors (Lipinski definition) is 4. The highest BCUT2D eigenvalue weighted by atomic mass is 32.1. The zero-order chi connectivity index (χ0) is 17.9. The number of nitrogens with one attached hydrogen (secondary N) is 2. The molecule has 1 heterocycles. The molecule has 0 unspecified atom stereocenters. The fraction of sp³-hybridized carbons (Fsp3) is 0.368. The third-order valence-electron chi connectivity index (χ3n) is 3.52. The summed E-state index contributed by atoms with van der Waals surface area (Å²) in [7, 11) is 0. The maximum Gasteiger partial charge on any atom is 0.258 e. The van der Waals surface area contributed by atoms with Crippen molar-refractivity contribution in [2.45, 2.75) is 26.2 Å². The van der Waals surface area contributed by atoms with Crippen LogP contribution in [-0.4, -0.2) is 31.5 Å². The van der Waals surface area contributed by atoms with Crippen molar-refractivity contribution in [1.29, 1.82) is 0 Å². The topological polar surface area (TPSA) is 67.4 Å². The highest BCUT2D eigenvalue weighted by Crippen LogP contribution is 2.13. The number of benzene rings is 1. The molecule has 2 aromatic rings. The third-order valence-corrected chi connectivity index (χ3v) is 4.39. The van der Waals surface area contributed by atoms with Crippen LogP contribution < -0.4 is 15.4 Å². The van der Waals surface area contributed by atoms with Gasteiger partial charge in [-0.25, -0.2) is 0 Å². The van der Waals surface area contributed by atoms with E-state index in [1.54, 1.807) is 11.3 Å². The Labute approximate surface area is 152 Å². The van der Waals surface area contributed by atoms with E-state index >= 15 is 0 Å². The number of thiophene rings is 1. The minimum absolute atomic E-state index is 0.0315. The summed E-state index contributed by atoms with van der Waals surface area (Å²) in [5, 5.41) is 7.45. The fourth-order valence-corrected chi connectivity index (χ4v) is 2.98. The summed E-state index contributed by atoms with van der Waals surface area (Å²) in [6.45, 7) is 2.89. The Morgan fingerprint density at radius 1 is 1.04 bits per heavy atom. The molecule has 0 radical (unpaired) electrons. The van der Waals surface area contributed by atoms with Gasteiger partial charge in [-0.05, 0) is 35.6 Å². The van der Waals surface area contributed by atoms with Crippen LogP contribution in [0.15, 0.2) is 41.8 Å². The van der Waals surface area contributed by atoms with Crippen molar-refractivity contribution in [1.82, 2.24) is 10.6 Å². The molecule has 6 heteroatoms. The van der Waals surface area contributed by atoms with E-state index in [4.69, 9.17) is 4.74 Å². The average Bonchev–Trinajstić information content (AvgIpc) is 3.11. The largest absolute Gasteiger partial charge is 0.484 e. The molecule has 0 atom stereocenters. The predicted molar refractivity (Wildman–Crippen MR) is 100.0 cm³/mol. The van der Waals surface area contributed by atoms with Crippen molar-refractivity contribution in [3.63, 3.8) is 0 Å². The number of amides is 2. The van der Waals surface area contributed by atoms with Gasteiger partial charge in [0.2, 0.25) is 5.91 Å². The maximum atomic E-state index is 11.7. The summed E-state index contributed by atoms with van der Waals surface area (Å²) < 4.78 is 5.45. The van der Waals surface area contributed by atoms with Gasteiger partial charge in [0.05, 0.1) is 6.42 Å². The second kappa shape index (κ2) is 10.5. The van der Waals surface area contributed by atoms with Crippen molar-refractivity contribution in [3.8, 4) is 5.75 Å². The Kier molecular flexibility index (Phi) is 7.98. The Bertz CT molecular complexity index is 654. The molecule has 0 saturated carbocycles. The third kappa shape index (κ3) is 7.39. The van der Waals surface area contributed by atoms with E-state index in [1.807, 2.05) is 41.8 Å². The van der Waals surface area contributed by atoms with Crippen LogP contribution in [0.25, 0.3) is 0 Å². The summed E-state index contributed by atoms with van der Waals surface area (Å²) >= 11 is 1.56. The first-order valence-corrected chi connectivity index (χ1v) is 9.33. The van der Waals surface area contributed by atoms with Gasteiger partial charge in [0, 0.05) is 18.0 Å². The molecule has 25 heavy (non-hydrogen) atoms. The van der Waals surface area contributed by atoms with Crippen molar-refractivity contribution >= 4 is 23.2 Å². The van der Waals surface area contributed by atoms with Gasteiger partial charge in [0.1, 0.15) is 5.75 Å². The lowest BCUT2D eigenvalue weighted by atomic mass is 10.1. The molecule has 5 nitrogen and oxygen atoms in total. The smallest absolute Gasteiger partial charge is 0.258 e. The molecule has 0 aliphatic carbocycles. The van der Waals surface area contributed by atoms with Gasteiger partial charge in [-0.1, -0.05) is 31.5 Å². The lowest BCUT2D eigenvalue weighted by Gasteiger charge is -2.09. The van der Waals surface area contributed by atoms with Gasteiger partial charge in [-0.2, -0.15) is 0 Å². The second-order valence-electron chi connectivity index (χ2n) is 5.64. The number of carbonyl (C=O) groups excluding carboxylic acids is 2.